The van der Waals surface area contributed by atoms with Crippen LogP contribution in [0.5, 0.6) is 0 Å². The quantitative estimate of drug-likeness (QED) is 0.329. The lowest BCUT2D eigenvalue weighted by atomic mass is 10.00. The minimum atomic E-state index is -1.80. The predicted octanol–water partition coefficient (Wildman–Crippen LogP) is 5.58. The Bertz CT molecular complexity index is 809. The van der Waals surface area contributed by atoms with Crippen molar-refractivity contribution in [3.63, 3.8) is 0 Å². The summed E-state index contributed by atoms with van der Waals surface area (Å²) in [6.07, 6.45) is 0. The lowest BCUT2D eigenvalue weighted by molar-refractivity contribution is 0.411. The van der Waals surface area contributed by atoms with Crippen LogP contribution >= 0.6 is 0 Å². The highest BCUT2D eigenvalue weighted by atomic mass is 19.2. The van der Waals surface area contributed by atoms with Crippen molar-refractivity contribution in [3.05, 3.63) is 83.9 Å². The third-order valence-electron chi connectivity index (χ3n) is 3.41. The zero-order chi connectivity index (χ0) is 15.7. The van der Waals surface area contributed by atoms with Crippen LogP contribution in [0.4, 0.5) is 17.6 Å². The summed E-state index contributed by atoms with van der Waals surface area (Å²) in [4.78, 5) is 0. The van der Waals surface area contributed by atoms with Crippen molar-refractivity contribution < 1.29 is 17.6 Å². The summed E-state index contributed by atoms with van der Waals surface area (Å²) < 4.78 is 53.3. The van der Waals surface area contributed by atoms with E-state index in [0.29, 0.717) is 6.07 Å². The molecule has 0 aliphatic carbocycles. The van der Waals surface area contributed by atoms with Gasteiger partial charge in [0.05, 0.1) is 0 Å². The molecule has 0 heterocycles. The number of halogens is 4. The van der Waals surface area contributed by atoms with Gasteiger partial charge in [0.25, 0.3) is 0 Å². The maximum absolute atomic E-state index is 13.8. The molecule has 0 saturated carbocycles. The zero-order valence-corrected chi connectivity index (χ0v) is 11.3. The molecule has 0 radical (unpaired) electrons. The predicted molar refractivity (Wildman–Crippen MR) is 77.1 cm³/mol. The smallest absolute Gasteiger partial charge is 0.198 e. The summed E-state index contributed by atoms with van der Waals surface area (Å²) >= 11 is 0. The van der Waals surface area contributed by atoms with Crippen molar-refractivity contribution in [2.24, 2.45) is 0 Å². The van der Waals surface area contributed by atoms with Gasteiger partial charge in [-0.1, -0.05) is 54.6 Å². The van der Waals surface area contributed by atoms with E-state index in [1.165, 1.54) is 12.1 Å². The molecule has 0 amide bonds. The molecule has 0 atom stereocenters. The van der Waals surface area contributed by atoms with E-state index >= 15 is 0 Å². The van der Waals surface area contributed by atoms with Gasteiger partial charge in [0.15, 0.2) is 23.3 Å². The largest absolute Gasteiger partial charge is 0.204 e. The maximum atomic E-state index is 13.8. The van der Waals surface area contributed by atoms with Crippen molar-refractivity contribution in [3.8, 4) is 22.3 Å². The van der Waals surface area contributed by atoms with E-state index in [-0.39, 0.29) is 11.1 Å². The van der Waals surface area contributed by atoms with Crippen LogP contribution in [0.1, 0.15) is 0 Å². The Morgan fingerprint density at radius 2 is 1.05 bits per heavy atom. The van der Waals surface area contributed by atoms with Crippen LogP contribution in [0.15, 0.2) is 60.7 Å². The summed E-state index contributed by atoms with van der Waals surface area (Å²) in [5.74, 6) is -6.42. The van der Waals surface area contributed by atoms with E-state index in [0.717, 1.165) is 11.1 Å². The number of benzene rings is 3. The zero-order valence-electron chi connectivity index (χ0n) is 11.3. The average Bonchev–Trinajstić information content (AvgIpc) is 2.57. The van der Waals surface area contributed by atoms with E-state index in [1.807, 2.05) is 30.3 Å². The van der Waals surface area contributed by atoms with E-state index in [1.54, 1.807) is 12.1 Å². The molecular weight excluding hydrogens is 292 g/mol. The Balaban J connectivity index is 2.04. The fraction of sp³-hybridized carbons (Fsp3) is 0. The highest BCUT2D eigenvalue weighted by Crippen LogP contribution is 2.29. The molecule has 0 aliphatic heterocycles. The van der Waals surface area contributed by atoms with Crippen LogP contribution in [0.2, 0.25) is 0 Å². The van der Waals surface area contributed by atoms with Crippen LogP contribution in [0.3, 0.4) is 0 Å². The molecule has 3 aromatic carbocycles. The SMILES string of the molecule is Fc1cc(-c2ccc(-c3ccccc3)cc2)c(F)c(F)c1F. The van der Waals surface area contributed by atoms with E-state index in [9.17, 15) is 17.6 Å². The van der Waals surface area contributed by atoms with Crippen LogP contribution in [-0.4, -0.2) is 0 Å². The molecule has 4 heteroatoms. The summed E-state index contributed by atoms with van der Waals surface area (Å²) in [6, 6.07) is 16.6. The molecule has 0 bridgehead atoms. The van der Waals surface area contributed by atoms with E-state index in [2.05, 4.69) is 0 Å². The average molecular weight is 302 g/mol. The Hall–Kier alpha value is -2.62. The molecule has 0 saturated heterocycles. The highest BCUT2D eigenvalue weighted by molar-refractivity contribution is 5.70. The molecule has 3 aromatic rings. The molecule has 0 unspecified atom stereocenters. The molecule has 0 aromatic heterocycles. The van der Waals surface area contributed by atoms with E-state index < -0.39 is 23.3 Å². The van der Waals surface area contributed by atoms with Crippen LogP contribution < -0.4 is 0 Å². The maximum Gasteiger partial charge on any atom is 0.198 e. The molecule has 3 rings (SSSR count). The monoisotopic (exact) mass is 302 g/mol. The second-order valence-electron chi connectivity index (χ2n) is 4.79. The molecule has 0 spiro atoms. The second-order valence-corrected chi connectivity index (χ2v) is 4.79. The Kier molecular flexibility index (Phi) is 3.67. The molecule has 0 aliphatic rings. The first-order valence-electron chi connectivity index (χ1n) is 6.57. The second kappa shape index (κ2) is 5.64. The first kappa shape index (κ1) is 14.3. The standard InChI is InChI=1S/C18H10F4/c19-15-10-14(16(20)18(22)17(15)21)13-8-6-12(7-9-13)11-4-2-1-3-5-11/h1-10H. The minimum Gasteiger partial charge on any atom is -0.204 e. The van der Waals surface area contributed by atoms with Crippen molar-refractivity contribution in [2.75, 3.05) is 0 Å². The lowest BCUT2D eigenvalue weighted by Crippen LogP contribution is -1.98. The molecule has 0 N–H and O–H groups in total. The third kappa shape index (κ3) is 2.48. The van der Waals surface area contributed by atoms with Crippen molar-refractivity contribution in [1.29, 1.82) is 0 Å². The molecule has 110 valence electrons. The van der Waals surface area contributed by atoms with Crippen LogP contribution in [0.25, 0.3) is 22.3 Å². The number of hydrogen-bond donors (Lipinski definition) is 0. The Morgan fingerprint density at radius 1 is 0.500 bits per heavy atom. The summed E-state index contributed by atoms with van der Waals surface area (Å²) in [5.41, 5.74) is 1.81. The Labute approximate surface area is 124 Å². The fourth-order valence-electron chi connectivity index (χ4n) is 2.26. The van der Waals surface area contributed by atoms with E-state index in [4.69, 9.17) is 0 Å². The molecular formula is C18H10F4. The van der Waals surface area contributed by atoms with Gasteiger partial charge in [0, 0.05) is 5.56 Å². The van der Waals surface area contributed by atoms with Gasteiger partial charge in [-0.15, -0.1) is 0 Å². The number of rotatable bonds is 2. The summed E-state index contributed by atoms with van der Waals surface area (Å²) in [6.45, 7) is 0. The highest BCUT2D eigenvalue weighted by Gasteiger charge is 2.19. The van der Waals surface area contributed by atoms with Crippen molar-refractivity contribution >= 4 is 0 Å². The van der Waals surface area contributed by atoms with Gasteiger partial charge in [-0.2, -0.15) is 0 Å². The normalized spacial score (nSPS) is 10.7. The van der Waals surface area contributed by atoms with Gasteiger partial charge in [0.2, 0.25) is 0 Å². The lowest BCUT2D eigenvalue weighted by Gasteiger charge is -2.08. The summed E-state index contributed by atoms with van der Waals surface area (Å²) in [7, 11) is 0. The molecule has 0 fully saturated rings. The molecule has 0 nitrogen and oxygen atoms in total. The van der Waals surface area contributed by atoms with Crippen LogP contribution in [-0.2, 0) is 0 Å². The van der Waals surface area contributed by atoms with Crippen molar-refractivity contribution in [2.45, 2.75) is 0 Å². The molecule has 22 heavy (non-hydrogen) atoms. The fourth-order valence-corrected chi connectivity index (χ4v) is 2.26. The van der Waals surface area contributed by atoms with Gasteiger partial charge in [-0.25, -0.2) is 17.6 Å². The first-order chi connectivity index (χ1) is 10.6. The van der Waals surface area contributed by atoms with Gasteiger partial charge >= 0.3 is 0 Å². The summed E-state index contributed by atoms with van der Waals surface area (Å²) in [5, 5.41) is 0. The van der Waals surface area contributed by atoms with Gasteiger partial charge in [-0.3, -0.25) is 0 Å². The minimum absolute atomic E-state index is 0.273. The first-order valence-corrected chi connectivity index (χ1v) is 6.57. The Morgan fingerprint density at radius 3 is 1.68 bits per heavy atom. The van der Waals surface area contributed by atoms with Crippen LogP contribution in [0, 0.1) is 23.3 Å². The van der Waals surface area contributed by atoms with Crippen molar-refractivity contribution in [1.82, 2.24) is 0 Å². The van der Waals surface area contributed by atoms with Gasteiger partial charge in [-0.05, 0) is 22.8 Å². The van der Waals surface area contributed by atoms with Gasteiger partial charge in [0.1, 0.15) is 0 Å². The third-order valence-corrected chi connectivity index (χ3v) is 3.41. The number of hydrogen-bond acceptors (Lipinski definition) is 0. The topological polar surface area (TPSA) is 0 Å². The van der Waals surface area contributed by atoms with Gasteiger partial charge < -0.3 is 0 Å².